The number of carbonyl (C=O) groups is 2. The zero-order valence-corrected chi connectivity index (χ0v) is 17.5. The molecule has 2 amide bonds. The molecule has 1 heterocycles. The van der Waals surface area contributed by atoms with Gasteiger partial charge in [-0.2, -0.15) is 5.26 Å². The number of carbonyl (C=O) groups excluding carboxylic acids is 2. The molecule has 8 heteroatoms. The van der Waals surface area contributed by atoms with Gasteiger partial charge in [-0.25, -0.2) is 0 Å². The van der Waals surface area contributed by atoms with Gasteiger partial charge < -0.3 is 20.1 Å². The molecule has 3 rings (SSSR count). The van der Waals surface area contributed by atoms with Gasteiger partial charge in [0, 0.05) is 37.1 Å². The summed E-state index contributed by atoms with van der Waals surface area (Å²) in [7, 11) is 1.51. The van der Waals surface area contributed by atoms with Crippen LogP contribution in [0.15, 0.2) is 67.0 Å². The molecule has 2 aromatic carbocycles. The first-order chi connectivity index (χ1) is 15.6. The zero-order valence-electron chi connectivity index (χ0n) is 17.5. The van der Waals surface area contributed by atoms with E-state index in [1.54, 1.807) is 54.9 Å². The summed E-state index contributed by atoms with van der Waals surface area (Å²) >= 11 is 0. The molecule has 0 spiro atoms. The maximum atomic E-state index is 12.5. The summed E-state index contributed by atoms with van der Waals surface area (Å²) < 4.78 is 11.2. The number of rotatable bonds is 9. The van der Waals surface area contributed by atoms with Crippen LogP contribution in [0, 0.1) is 11.3 Å². The van der Waals surface area contributed by atoms with Crippen molar-refractivity contribution in [2.75, 3.05) is 13.7 Å². The molecule has 8 nitrogen and oxygen atoms in total. The monoisotopic (exact) mass is 430 g/mol. The van der Waals surface area contributed by atoms with Gasteiger partial charge in [0.1, 0.15) is 18.1 Å². The molecule has 0 atom stereocenters. The quantitative estimate of drug-likeness (QED) is 0.539. The summed E-state index contributed by atoms with van der Waals surface area (Å²) in [5, 5.41) is 14.4. The molecule has 32 heavy (non-hydrogen) atoms. The van der Waals surface area contributed by atoms with E-state index in [-0.39, 0.29) is 25.0 Å². The number of nitriles is 1. The Morgan fingerprint density at radius 3 is 2.47 bits per heavy atom. The van der Waals surface area contributed by atoms with Crippen LogP contribution in [0.3, 0.4) is 0 Å². The second kappa shape index (κ2) is 11.1. The molecule has 0 saturated carbocycles. The molecule has 0 saturated heterocycles. The summed E-state index contributed by atoms with van der Waals surface area (Å²) in [5.41, 5.74) is 2.52. The van der Waals surface area contributed by atoms with Crippen molar-refractivity contribution in [1.29, 1.82) is 5.26 Å². The molecule has 162 valence electrons. The van der Waals surface area contributed by atoms with Crippen LogP contribution in [0.5, 0.6) is 11.5 Å². The van der Waals surface area contributed by atoms with E-state index in [4.69, 9.17) is 14.7 Å². The van der Waals surface area contributed by atoms with E-state index in [9.17, 15) is 9.59 Å². The predicted molar refractivity (Wildman–Crippen MR) is 117 cm³/mol. The molecule has 3 aromatic rings. The van der Waals surface area contributed by atoms with Crippen molar-refractivity contribution in [3.8, 4) is 17.6 Å². The van der Waals surface area contributed by atoms with Crippen LogP contribution in [0.4, 0.5) is 0 Å². The van der Waals surface area contributed by atoms with E-state index in [2.05, 4.69) is 15.6 Å². The first kappa shape index (κ1) is 22.3. The normalized spacial score (nSPS) is 10.0. The van der Waals surface area contributed by atoms with Crippen LogP contribution in [-0.4, -0.2) is 30.5 Å². The van der Waals surface area contributed by atoms with E-state index in [0.29, 0.717) is 34.8 Å². The van der Waals surface area contributed by atoms with E-state index >= 15 is 0 Å². The van der Waals surface area contributed by atoms with Gasteiger partial charge in [-0.05, 0) is 54.1 Å². The number of hydrogen-bond donors (Lipinski definition) is 2. The summed E-state index contributed by atoms with van der Waals surface area (Å²) in [5.74, 6) is 0.448. The fraction of sp³-hybridized carbons (Fsp3) is 0.167. The van der Waals surface area contributed by atoms with Gasteiger partial charge in [-0.15, -0.1) is 0 Å². The van der Waals surface area contributed by atoms with Crippen molar-refractivity contribution in [2.24, 2.45) is 0 Å². The van der Waals surface area contributed by atoms with Gasteiger partial charge in [-0.3, -0.25) is 14.6 Å². The Labute approximate surface area is 185 Å². The number of hydrogen-bond acceptors (Lipinski definition) is 6. The fourth-order valence-corrected chi connectivity index (χ4v) is 2.75. The van der Waals surface area contributed by atoms with E-state index in [1.807, 2.05) is 18.2 Å². The van der Waals surface area contributed by atoms with Gasteiger partial charge >= 0.3 is 0 Å². The standard InChI is InChI=1S/C24H22N4O4/c1-26-23(29)16-32-22-12-18(13-25)2-3-20(22)14-28-24(30)19-4-6-21(7-5-19)31-15-17-8-10-27-11-9-17/h2-12H,14-16H2,1H3,(H,26,29)(H,28,30). The van der Waals surface area contributed by atoms with Crippen LogP contribution in [0.2, 0.25) is 0 Å². The molecule has 0 bridgehead atoms. The van der Waals surface area contributed by atoms with Gasteiger partial charge in [0.2, 0.25) is 0 Å². The highest BCUT2D eigenvalue weighted by Crippen LogP contribution is 2.21. The van der Waals surface area contributed by atoms with Crippen molar-refractivity contribution in [1.82, 2.24) is 15.6 Å². The molecule has 0 aliphatic rings. The molecule has 0 radical (unpaired) electrons. The van der Waals surface area contributed by atoms with E-state index in [1.165, 1.54) is 7.05 Å². The Balaban J connectivity index is 1.59. The third kappa shape index (κ3) is 6.31. The lowest BCUT2D eigenvalue weighted by Gasteiger charge is -2.13. The Hall–Kier alpha value is -4.38. The number of aromatic nitrogens is 1. The topological polar surface area (TPSA) is 113 Å². The summed E-state index contributed by atoms with van der Waals surface area (Å²) in [6.45, 7) is 0.396. The SMILES string of the molecule is CNC(=O)COc1cc(C#N)ccc1CNC(=O)c1ccc(OCc2ccncc2)cc1. The molecule has 1 aromatic heterocycles. The lowest BCUT2D eigenvalue weighted by Crippen LogP contribution is -2.26. The average Bonchev–Trinajstić information content (AvgIpc) is 2.85. The highest BCUT2D eigenvalue weighted by molar-refractivity contribution is 5.94. The largest absolute Gasteiger partial charge is 0.489 e. The number of amides is 2. The van der Waals surface area contributed by atoms with Gasteiger partial charge in [-0.1, -0.05) is 6.07 Å². The molecule has 0 unspecified atom stereocenters. The Morgan fingerprint density at radius 2 is 1.78 bits per heavy atom. The van der Waals surface area contributed by atoms with Crippen LogP contribution in [-0.2, 0) is 17.9 Å². The lowest BCUT2D eigenvalue weighted by molar-refractivity contribution is -0.122. The minimum atomic E-state index is -0.298. The van der Waals surface area contributed by atoms with Crippen LogP contribution >= 0.6 is 0 Å². The third-order valence-electron chi connectivity index (χ3n) is 4.54. The van der Waals surface area contributed by atoms with Gasteiger partial charge in [0.05, 0.1) is 11.6 Å². The van der Waals surface area contributed by atoms with Gasteiger partial charge in [0.15, 0.2) is 6.61 Å². The van der Waals surface area contributed by atoms with Gasteiger partial charge in [0.25, 0.3) is 11.8 Å². The number of nitrogens with zero attached hydrogens (tertiary/aromatic N) is 2. The second-order valence-corrected chi connectivity index (χ2v) is 6.75. The Kier molecular flexibility index (Phi) is 7.76. The van der Waals surface area contributed by atoms with E-state index < -0.39 is 0 Å². The molecule has 0 fully saturated rings. The second-order valence-electron chi connectivity index (χ2n) is 6.75. The summed E-state index contributed by atoms with van der Waals surface area (Å²) in [6, 6.07) is 17.5. The van der Waals surface area contributed by atoms with E-state index in [0.717, 1.165) is 5.56 Å². The molecule has 0 aliphatic heterocycles. The number of pyridine rings is 1. The van der Waals surface area contributed by atoms with Crippen molar-refractivity contribution >= 4 is 11.8 Å². The first-order valence-corrected chi connectivity index (χ1v) is 9.85. The molecule has 0 aliphatic carbocycles. The van der Waals surface area contributed by atoms with Crippen LogP contribution in [0.1, 0.15) is 27.0 Å². The lowest BCUT2D eigenvalue weighted by atomic mass is 10.1. The summed E-state index contributed by atoms with van der Waals surface area (Å²) in [6.07, 6.45) is 3.41. The number of nitrogens with one attached hydrogen (secondary N) is 2. The zero-order chi connectivity index (χ0) is 22.8. The van der Waals surface area contributed by atoms with Crippen molar-refractivity contribution in [3.05, 3.63) is 89.2 Å². The third-order valence-corrected chi connectivity index (χ3v) is 4.54. The minimum Gasteiger partial charge on any atom is -0.489 e. The van der Waals surface area contributed by atoms with Crippen LogP contribution < -0.4 is 20.1 Å². The first-order valence-electron chi connectivity index (χ1n) is 9.85. The van der Waals surface area contributed by atoms with Crippen molar-refractivity contribution in [2.45, 2.75) is 13.2 Å². The number of ether oxygens (including phenoxy) is 2. The number of likely N-dealkylation sites (N-methyl/N-ethyl adjacent to an activating group) is 1. The highest BCUT2D eigenvalue weighted by Gasteiger charge is 2.11. The predicted octanol–water partition coefficient (Wildman–Crippen LogP) is 2.59. The Bertz CT molecular complexity index is 1110. The minimum absolute atomic E-state index is 0.175. The fourth-order valence-electron chi connectivity index (χ4n) is 2.75. The van der Waals surface area contributed by atoms with Crippen molar-refractivity contribution in [3.63, 3.8) is 0 Å². The molecular weight excluding hydrogens is 408 g/mol. The smallest absolute Gasteiger partial charge is 0.257 e. The molecular formula is C24H22N4O4. The maximum absolute atomic E-state index is 12.5. The average molecular weight is 430 g/mol. The highest BCUT2D eigenvalue weighted by atomic mass is 16.5. The Morgan fingerprint density at radius 1 is 1.03 bits per heavy atom. The van der Waals surface area contributed by atoms with Crippen molar-refractivity contribution < 1.29 is 19.1 Å². The maximum Gasteiger partial charge on any atom is 0.257 e. The number of benzene rings is 2. The molecule has 2 N–H and O–H groups in total. The summed E-state index contributed by atoms with van der Waals surface area (Å²) in [4.78, 5) is 28.0. The van der Waals surface area contributed by atoms with Crippen LogP contribution in [0.25, 0.3) is 0 Å².